The number of hydrogen-bond acceptors (Lipinski definition) is 5. The van der Waals surface area contributed by atoms with Crippen LogP contribution in [0.4, 0.5) is 0 Å². The summed E-state index contributed by atoms with van der Waals surface area (Å²) in [5, 5.41) is 3.31. The number of ether oxygens (including phenoxy) is 1. The summed E-state index contributed by atoms with van der Waals surface area (Å²) in [5.41, 5.74) is 0. The third kappa shape index (κ3) is 4.00. The molecule has 2 atom stereocenters. The van der Waals surface area contributed by atoms with Gasteiger partial charge in [-0.1, -0.05) is 0 Å². The smallest absolute Gasteiger partial charge is 0.250 e. The van der Waals surface area contributed by atoms with Gasteiger partial charge in [0, 0.05) is 30.6 Å². The normalized spacial score (nSPS) is 23.9. The van der Waals surface area contributed by atoms with Gasteiger partial charge in [-0.25, -0.2) is 13.1 Å². The van der Waals surface area contributed by atoms with Crippen molar-refractivity contribution in [2.75, 3.05) is 19.7 Å². The Morgan fingerprint density at radius 1 is 1.42 bits per heavy atom. The lowest BCUT2D eigenvalue weighted by Gasteiger charge is -2.15. The number of aryl methyl sites for hydroxylation is 1. The van der Waals surface area contributed by atoms with E-state index in [1.54, 1.807) is 6.07 Å². The molecular formula is C12H20N2O3S2. The van der Waals surface area contributed by atoms with Gasteiger partial charge < -0.3 is 10.1 Å². The van der Waals surface area contributed by atoms with Crippen LogP contribution in [0.25, 0.3) is 0 Å². The molecule has 0 aliphatic carbocycles. The van der Waals surface area contributed by atoms with E-state index in [0.717, 1.165) is 17.9 Å². The van der Waals surface area contributed by atoms with E-state index in [0.29, 0.717) is 23.3 Å². The van der Waals surface area contributed by atoms with Crippen molar-refractivity contribution in [2.24, 2.45) is 0 Å². The predicted molar refractivity (Wildman–Crippen MR) is 76.1 cm³/mol. The molecule has 0 saturated carbocycles. The summed E-state index contributed by atoms with van der Waals surface area (Å²) < 4.78 is 32.3. The number of nitrogens with one attached hydrogen (secondary N) is 2. The lowest BCUT2D eigenvalue weighted by atomic mass is 10.1. The minimum atomic E-state index is -3.35. The van der Waals surface area contributed by atoms with Crippen molar-refractivity contribution in [3.8, 4) is 0 Å². The zero-order valence-corrected chi connectivity index (χ0v) is 12.8. The van der Waals surface area contributed by atoms with E-state index >= 15 is 0 Å². The van der Waals surface area contributed by atoms with Gasteiger partial charge in [0.25, 0.3) is 0 Å². The summed E-state index contributed by atoms with van der Waals surface area (Å²) >= 11 is 1.29. The van der Waals surface area contributed by atoms with Crippen LogP contribution in [-0.2, 0) is 14.8 Å². The summed E-state index contributed by atoms with van der Waals surface area (Å²) in [5.74, 6) is 0. The Labute approximate surface area is 118 Å². The van der Waals surface area contributed by atoms with Crippen molar-refractivity contribution in [2.45, 2.75) is 36.6 Å². The zero-order chi connectivity index (χ0) is 13.9. The molecule has 0 radical (unpaired) electrons. The number of hydrogen-bond donors (Lipinski definition) is 2. The third-order valence-electron chi connectivity index (χ3n) is 3.18. The Balaban J connectivity index is 1.76. The fourth-order valence-corrected chi connectivity index (χ4v) is 4.43. The lowest BCUT2D eigenvalue weighted by molar-refractivity contribution is 0.113. The van der Waals surface area contributed by atoms with Crippen LogP contribution < -0.4 is 10.0 Å². The molecule has 1 aliphatic rings. The van der Waals surface area contributed by atoms with E-state index in [2.05, 4.69) is 10.0 Å². The monoisotopic (exact) mass is 304 g/mol. The summed E-state index contributed by atoms with van der Waals surface area (Å²) in [6.07, 6.45) is 1.19. The van der Waals surface area contributed by atoms with Gasteiger partial charge in [-0.05, 0) is 32.4 Å². The van der Waals surface area contributed by atoms with Crippen molar-refractivity contribution in [3.05, 3.63) is 17.0 Å². The first-order chi connectivity index (χ1) is 8.99. The summed E-state index contributed by atoms with van der Waals surface area (Å²) in [4.78, 5) is 0.996. The largest absolute Gasteiger partial charge is 0.377 e. The van der Waals surface area contributed by atoms with E-state index in [4.69, 9.17) is 4.74 Å². The predicted octanol–water partition coefficient (Wildman–Crippen LogP) is 1.10. The second-order valence-electron chi connectivity index (χ2n) is 4.69. The molecule has 1 aliphatic heterocycles. The van der Waals surface area contributed by atoms with E-state index in [1.807, 2.05) is 19.9 Å². The van der Waals surface area contributed by atoms with Crippen molar-refractivity contribution >= 4 is 21.4 Å². The maximum absolute atomic E-state index is 12.0. The van der Waals surface area contributed by atoms with Gasteiger partial charge in [-0.2, -0.15) is 0 Å². The molecule has 2 N–H and O–H groups in total. The highest BCUT2D eigenvalue weighted by molar-refractivity contribution is 7.91. The van der Waals surface area contributed by atoms with Crippen LogP contribution in [0.2, 0.25) is 0 Å². The number of sulfonamides is 1. The highest BCUT2D eigenvalue weighted by Gasteiger charge is 2.23. The van der Waals surface area contributed by atoms with Crippen LogP contribution in [0.15, 0.2) is 16.3 Å². The fraction of sp³-hybridized carbons (Fsp3) is 0.667. The molecule has 1 aromatic heterocycles. The minimum absolute atomic E-state index is 0.205. The molecule has 0 spiro atoms. The second kappa shape index (κ2) is 6.32. The van der Waals surface area contributed by atoms with Crippen molar-refractivity contribution in [1.82, 2.24) is 10.0 Å². The first-order valence-electron chi connectivity index (χ1n) is 6.40. The molecule has 0 unspecified atom stereocenters. The quantitative estimate of drug-likeness (QED) is 0.772. The molecule has 0 bridgehead atoms. The Bertz CT molecular complexity index is 513. The van der Waals surface area contributed by atoms with Crippen LogP contribution in [0.1, 0.15) is 18.2 Å². The lowest BCUT2D eigenvalue weighted by Crippen LogP contribution is -2.40. The molecule has 7 heteroatoms. The molecule has 1 aromatic rings. The van der Waals surface area contributed by atoms with E-state index < -0.39 is 10.0 Å². The molecule has 2 rings (SSSR count). The summed E-state index contributed by atoms with van der Waals surface area (Å²) in [6.45, 7) is 5.71. The van der Waals surface area contributed by atoms with Crippen molar-refractivity contribution in [1.29, 1.82) is 0 Å². The van der Waals surface area contributed by atoms with Crippen molar-refractivity contribution in [3.63, 3.8) is 0 Å². The van der Waals surface area contributed by atoms with Crippen LogP contribution >= 0.6 is 11.3 Å². The molecular weight excluding hydrogens is 284 g/mol. The third-order valence-corrected chi connectivity index (χ3v) is 6.13. The van der Waals surface area contributed by atoms with Crippen LogP contribution in [-0.4, -0.2) is 40.3 Å². The zero-order valence-electron chi connectivity index (χ0n) is 11.2. The second-order valence-corrected chi connectivity index (χ2v) is 7.97. The summed E-state index contributed by atoms with van der Waals surface area (Å²) in [6, 6.07) is 3.78. The highest BCUT2D eigenvalue weighted by Crippen LogP contribution is 2.20. The Morgan fingerprint density at radius 3 is 2.79 bits per heavy atom. The van der Waals surface area contributed by atoms with Gasteiger partial charge in [-0.3, -0.25) is 0 Å². The topological polar surface area (TPSA) is 67.4 Å². The first-order valence-corrected chi connectivity index (χ1v) is 8.70. The molecule has 1 fully saturated rings. The molecule has 5 nitrogen and oxygen atoms in total. The van der Waals surface area contributed by atoms with Gasteiger partial charge in [0.15, 0.2) is 0 Å². The van der Waals surface area contributed by atoms with Gasteiger partial charge in [0.05, 0.1) is 6.10 Å². The van der Waals surface area contributed by atoms with E-state index in [-0.39, 0.29) is 6.10 Å². The highest BCUT2D eigenvalue weighted by atomic mass is 32.2. The standard InChI is InChI=1S/C12H20N2O3S2/c1-9-3-4-12(18-9)19(15,16)14-7-6-13-11-5-8-17-10(11)2/h3-4,10-11,13-14H,5-8H2,1-2H3/t10-,11-/m1/s1. The SMILES string of the molecule is Cc1ccc(S(=O)(=O)NCCN[C@@H]2CCO[C@@H]2C)s1. The number of rotatable bonds is 6. The number of thiophene rings is 1. The van der Waals surface area contributed by atoms with Gasteiger partial charge in [0.2, 0.25) is 10.0 Å². The van der Waals surface area contributed by atoms with Crippen LogP contribution in [0.3, 0.4) is 0 Å². The average molecular weight is 304 g/mol. The summed E-state index contributed by atoms with van der Waals surface area (Å²) in [7, 11) is -3.35. The Kier molecular flexibility index (Phi) is 4.97. The van der Waals surface area contributed by atoms with Gasteiger partial charge in [0.1, 0.15) is 4.21 Å². The maximum atomic E-state index is 12.0. The average Bonchev–Trinajstić information content (AvgIpc) is 2.94. The van der Waals surface area contributed by atoms with Gasteiger partial charge >= 0.3 is 0 Å². The van der Waals surface area contributed by atoms with Gasteiger partial charge in [-0.15, -0.1) is 11.3 Å². The van der Waals surface area contributed by atoms with Crippen LogP contribution in [0.5, 0.6) is 0 Å². The maximum Gasteiger partial charge on any atom is 0.250 e. The van der Waals surface area contributed by atoms with Crippen LogP contribution in [0, 0.1) is 6.92 Å². The first kappa shape index (κ1) is 14.9. The van der Waals surface area contributed by atoms with E-state index in [9.17, 15) is 8.42 Å². The van der Waals surface area contributed by atoms with Crippen molar-refractivity contribution < 1.29 is 13.2 Å². The molecule has 108 valence electrons. The Morgan fingerprint density at radius 2 is 2.21 bits per heavy atom. The Hall–Kier alpha value is -0.470. The molecule has 0 aromatic carbocycles. The molecule has 1 saturated heterocycles. The molecule has 0 amide bonds. The fourth-order valence-electron chi connectivity index (χ4n) is 2.07. The van der Waals surface area contributed by atoms with E-state index in [1.165, 1.54) is 11.3 Å². The minimum Gasteiger partial charge on any atom is -0.377 e. The molecule has 19 heavy (non-hydrogen) atoms. The molecule has 2 heterocycles.